The van der Waals surface area contributed by atoms with Gasteiger partial charge in [0.2, 0.25) is 0 Å². The van der Waals surface area contributed by atoms with E-state index < -0.39 is 0 Å². The molecule has 5 nitrogen and oxygen atoms in total. The van der Waals surface area contributed by atoms with Crippen LogP contribution in [0.4, 0.5) is 0 Å². The van der Waals surface area contributed by atoms with Crippen LogP contribution in [-0.2, 0) is 0 Å². The molecule has 0 unspecified atom stereocenters. The molecule has 0 amide bonds. The quantitative estimate of drug-likeness (QED) is 0.177. The number of nitrogens with zero attached hydrogens (tertiary/aromatic N) is 4. The number of furan rings is 1. The van der Waals surface area contributed by atoms with Crippen LogP contribution in [0.2, 0.25) is 0 Å². The second-order valence-corrected chi connectivity index (χ2v) is 14.6. The van der Waals surface area contributed by atoms with Crippen molar-refractivity contribution in [2.24, 2.45) is 0 Å². The van der Waals surface area contributed by atoms with Crippen LogP contribution < -0.4 is 0 Å². The highest BCUT2D eigenvalue weighted by Crippen LogP contribution is 2.45. The van der Waals surface area contributed by atoms with E-state index >= 15 is 0 Å². The normalized spacial score (nSPS) is 11.9. The molecule has 0 atom stereocenters. The molecule has 4 aromatic heterocycles. The van der Waals surface area contributed by atoms with Crippen molar-refractivity contribution in [3.05, 3.63) is 194 Å². The van der Waals surface area contributed by atoms with Crippen molar-refractivity contribution in [1.29, 1.82) is 0 Å². The lowest BCUT2D eigenvalue weighted by atomic mass is 10.1. The fourth-order valence-electron chi connectivity index (χ4n) is 8.81. The van der Waals surface area contributed by atoms with Crippen LogP contribution in [0, 0.1) is 0 Å². The Balaban J connectivity index is 1.20. The number of para-hydroxylation sites is 3. The highest BCUT2D eigenvalue weighted by Gasteiger charge is 2.24. The minimum Gasteiger partial charge on any atom is -0.454 e. The van der Waals surface area contributed by atoms with E-state index in [-0.39, 0.29) is 0 Å². The molecule has 266 valence electrons. The Labute approximate surface area is 327 Å². The Hall–Kier alpha value is -7.76. The third-order valence-corrected chi connectivity index (χ3v) is 11.3. The lowest BCUT2D eigenvalue weighted by molar-refractivity contribution is 0.671. The number of fused-ring (bicyclic) bond motifs is 11. The number of aromatic nitrogens is 4. The van der Waals surface area contributed by atoms with Crippen LogP contribution in [0.25, 0.3) is 111 Å². The lowest BCUT2D eigenvalue weighted by Gasteiger charge is -2.13. The second kappa shape index (κ2) is 12.4. The smallest absolute Gasteiger partial charge is 0.160 e. The van der Waals surface area contributed by atoms with Gasteiger partial charge in [0.15, 0.2) is 11.4 Å². The van der Waals surface area contributed by atoms with E-state index in [4.69, 9.17) is 14.4 Å². The summed E-state index contributed by atoms with van der Waals surface area (Å²) < 4.78 is 11.6. The van der Waals surface area contributed by atoms with Crippen LogP contribution in [0.5, 0.6) is 0 Å². The largest absolute Gasteiger partial charge is 0.454 e. The van der Waals surface area contributed by atoms with E-state index in [0.29, 0.717) is 5.82 Å². The molecule has 0 spiro atoms. The number of rotatable bonds is 5. The molecule has 0 radical (unpaired) electrons. The first kappa shape index (κ1) is 31.6. The highest BCUT2D eigenvalue weighted by molar-refractivity contribution is 6.29. The van der Waals surface area contributed by atoms with Gasteiger partial charge in [-0.25, -0.2) is 9.97 Å². The van der Waals surface area contributed by atoms with Crippen LogP contribution >= 0.6 is 0 Å². The Morgan fingerprint density at radius 3 is 1.70 bits per heavy atom. The summed E-state index contributed by atoms with van der Waals surface area (Å²) in [6, 6.07) is 68.2. The van der Waals surface area contributed by atoms with Gasteiger partial charge in [-0.1, -0.05) is 140 Å². The summed E-state index contributed by atoms with van der Waals surface area (Å²) in [5, 5.41) is 6.86. The minimum atomic E-state index is 0.664. The van der Waals surface area contributed by atoms with E-state index in [1.165, 1.54) is 10.8 Å². The average molecular weight is 729 g/mol. The number of benzene rings is 8. The van der Waals surface area contributed by atoms with Gasteiger partial charge in [0.05, 0.1) is 33.5 Å². The predicted octanol–water partition coefficient (Wildman–Crippen LogP) is 13.6. The van der Waals surface area contributed by atoms with E-state index in [9.17, 15) is 0 Å². The summed E-state index contributed by atoms with van der Waals surface area (Å²) in [7, 11) is 0. The molecule has 4 heterocycles. The Kier molecular flexibility index (Phi) is 6.86. The van der Waals surface area contributed by atoms with Crippen molar-refractivity contribution < 1.29 is 4.42 Å². The lowest BCUT2D eigenvalue weighted by Crippen LogP contribution is -1.99. The summed E-state index contributed by atoms with van der Waals surface area (Å²) in [5.74, 6) is 0.664. The van der Waals surface area contributed by atoms with E-state index in [2.05, 4.69) is 185 Å². The Morgan fingerprint density at radius 2 is 0.947 bits per heavy atom. The molecule has 0 saturated heterocycles. The monoisotopic (exact) mass is 728 g/mol. The molecular formula is C52H32N4O. The number of hydrogen-bond donors (Lipinski definition) is 0. The zero-order valence-electron chi connectivity index (χ0n) is 30.7. The van der Waals surface area contributed by atoms with Gasteiger partial charge in [0.25, 0.3) is 0 Å². The molecule has 0 aliphatic carbocycles. The fraction of sp³-hybridized carbons (Fsp3) is 0. The van der Waals surface area contributed by atoms with Crippen LogP contribution in [0.15, 0.2) is 199 Å². The SMILES string of the molecule is c1ccc(-c2cc(-c3ccccc3)nc(-c3cccc(-n4c5c(ccc6c7ccccc7oc65)c5ccc6c(c7ccccc7n6-c6ccccc6)c54)c3)n2)cc1. The van der Waals surface area contributed by atoms with Gasteiger partial charge in [-0.2, -0.15) is 0 Å². The molecule has 5 heteroatoms. The Morgan fingerprint density at radius 1 is 0.368 bits per heavy atom. The topological polar surface area (TPSA) is 48.8 Å². The fourth-order valence-corrected chi connectivity index (χ4v) is 8.81. The predicted molar refractivity (Wildman–Crippen MR) is 234 cm³/mol. The third-order valence-electron chi connectivity index (χ3n) is 11.3. The molecular weight excluding hydrogens is 697 g/mol. The van der Waals surface area contributed by atoms with Gasteiger partial charge in [0.1, 0.15) is 5.58 Å². The minimum absolute atomic E-state index is 0.664. The maximum absolute atomic E-state index is 6.83. The van der Waals surface area contributed by atoms with Gasteiger partial charge in [0, 0.05) is 60.4 Å². The summed E-state index contributed by atoms with van der Waals surface area (Å²) in [6.07, 6.45) is 0. The van der Waals surface area contributed by atoms with Crippen molar-refractivity contribution in [3.8, 4) is 45.3 Å². The zero-order valence-corrected chi connectivity index (χ0v) is 30.7. The van der Waals surface area contributed by atoms with Crippen molar-refractivity contribution in [2.75, 3.05) is 0 Å². The van der Waals surface area contributed by atoms with Gasteiger partial charge in [-0.05, 0) is 54.6 Å². The first-order chi connectivity index (χ1) is 28.3. The van der Waals surface area contributed by atoms with Crippen molar-refractivity contribution in [3.63, 3.8) is 0 Å². The van der Waals surface area contributed by atoms with E-state index in [1.54, 1.807) is 0 Å². The van der Waals surface area contributed by atoms with Crippen LogP contribution in [-0.4, -0.2) is 19.1 Å². The molecule has 0 N–H and O–H groups in total. The third kappa shape index (κ3) is 4.82. The van der Waals surface area contributed by atoms with Gasteiger partial charge < -0.3 is 13.6 Å². The first-order valence-corrected chi connectivity index (χ1v) is 19.3. The number of hydrogen-bond acceptors (Lipinski definition) is 3. The standard InChI is InChI=1S/C52H32N4O/c1-4-15-33(16-5-1)43-32-44(34-17-6-2-7-18-34)54-52(53-43)35-19-14-22-37(31-35)56-49-39(40-27-28-41-38-23-11-13-26-47(38)57-51(41)50(40)56)29-30-46-48(49)42-24-10-12-25-45(42)55(46)36-20-8-3-9-21-36/h1-32H. The van der Waals surface area contributed by atoms with Crippen molar-refractivity contribution >= 4 is 65.6 Å². The Bertz CT molecular complexity index is 3450. The molecule has 12 aromatic rings. The van der Waals surface area contributed by atoms with E-state index in [1.807, 2.05) is 18.2 Å². The van der Waals surface area contributed by atoms with Crippen LogP contribution in [0.3, 0.4) is 0 Å². The van der Waals surface area contributed by atoms with E-state index in [0.717, 1.165) is 94.2 Å². The van der Waals surface area contributed by atoms with Gasteiger partial charge in [-0.3, -0.25) is 0 Å². The van der Waals surface area contributed by atoms with Crippen molar-refractivity contribution in [2.45, 2.75) is 0 Å². The first-order valence-electron chi connectivity index (χ1n) is 19.3. The summed E-state index contributed by atoms with van der Waals surface area (Å²) in [5.41, 5.74) is 13.1. The molecule has 0 saturated carbocycles. The summed E-state index contributed by atoms with van der Waals surface area (Å²) in [6.45, 7) is 0. The second-order valence-electron chi connectivity index (χ2n) is 14.6. The molecule has 8 aromatic carbocycles. The molecule has 0 bridgehead atoms. The van der Waals surface area contributed by atoms with Gasteiger partial charge in [-0.15, -0.1) is 0 Å². The van der Waals surface area contributed by atoms with Gasteiger partial charge >= 0.3 is 0 Å². The van der Waals surface area contributed by atoms with Crippen LogP contribution in [0.1, 0.15) is 0 Å². The molecule has 0 aliphatic heterocycles. The highest BCUT2D eigenvalue weighted by atomic mass is 16.3. The molecule has 12 rings (SSSR count). The molecule has 0 fully saturated rings. The molecule has 57 heavy (non-hydrogen) atoms. The summed E-state index contributed by atoms with van der Waals surface area (Å²) in [4.78, 5) is 10.4. The molecule has 0 aliphatic rings. The average Bonchev–Trinajstić information content (AvgIpc) is 3.95. The maximum Gasteiger partial charge on any atom is 0.160 e. The zero-order chi connectivity index (χ0) is 37.5. The van der Waals surface area contributed by atoms with Crippen molar-refractivity contribution in [1.82, 2.24) is 19.1 Å². The maximum atomic E-state index is 6.83. The summed E-state index contributed by atoms with van der Waals surface area (Å²) >= 11 is 0.